The summed E-state index contributed by atoms with van der Waals surface area (Å²) in [5.41, 5.74) is 1.33. The second-order valence-electron chi connectivity index (χ2n) is 6.06. The normalized spacial score (nSPS) is 8.77. The van der Waals surface area contributed by atoms with Crippen LogP contribution < -0.4 is 0 Å². The Balaban J connectivity index is 0.000000499. The van der Waals surface area contributed by atoms with Gasteiger partial charge in [-0.15, -0.1) is 0 Å². The van der Waals surface area contributed by atoms with Crippen LogP contribution in [0.4, 0.5) is 0 Å². The fourth-order valence-corrected chi connectivity index (χ4v) is 2.02. The van der Waals surface area contributed by atoms with Crippen LogP contribution in [0.1, 0.15) is 36.2 Å². The highest BCUT2D eigenvalue weighted by Crippen LogP contribution is 2.09. The second kappa shape index (κ2) is 16.0. The van der Waals surface area contributed by atoms with Gasteiger partial charge in [-0.05, 0) is 25.5 Å². The van der Waals surface area contributed by atoms with Crippen molar-refractivity contribution in [2.75, 3.05) is 14.2 Å². The monoisotopic (exact) mass is 426 g/mol. The average Bonchev–Trinajstić information content (AvgIpc) is 2.77. The third kappa shape index (κ3) is 13.1. The van der Waals surface area contributed by atoms with Crippen molar-refractivity contribution >= 4 is 35.9 Å². The molecule has 0 fully saturated rings. The number of hydrogen-bond donors (Lipinski definition) is 0. The number of esters is 2. The molecule has 0 unspecified atom stereocenters. The molecule has 2 aromatic carbocycles. The van der Waals surface area contributed by atoms with Crippen molar-refractivity contribution in [2.45, 2.75) is 20.3 Å². The fourth-order valence-electron chi connectivity index (χ4n) is 2.02. The molecule has 31 heavy (non-hydrogen) atoms. The molecule has 0 bridgehead atoms. The molecule has 0 saturated carbocycles. The SMILES string of the molecule is CC(=O)CC(C)=O.COC(=O)C(=Cc1ccccc1)C(=O)OC.O=Cc1ccccc1. The van der Waals surface area contributed by atoms with Crippen molar-refractivity contribution in [1.82, 2.24) is 0 Å². The lowest BCUT2D eigenvalue weighted by molar-refractivity contribution is -0.144. The Kier molecular flexibility index (Phi) is 14.0. The Labute approximate surface area is 181 Å². The maximum absolute atomic E-state index is 11.3. The van der Waals surface area contributed by atoms with E-state index in [0.29, 0.717) is 0 Å². The molecule has 0 atom stereocenters. The number of aldehydes is 1. The summed E-state index contributed by atoms with van der Waals surface area (Å²) in [6.45, 7) is 2.81. The standard InChI is InChI=1S/C12H12O4.C7H6O.C5H8O2/c1-15-11(13)10(12(14)16-2)8-9-6-4-3-5-7-9;8-6-7-4-2-1-3-5-7;1-4(6)3-5(2)7/h3-8H,1-2H3;1-6H;3H2,1-2H3. The number of ketones is 2. The van der Waals surface area contributed by atoms with Gasteiger partial charge in [-0.2, -0.15) is 0 Å². The zero-order valence-electron chi connectivity index (χ0n) is 18.0. The minimum atomic E-state index is -0.712. The number of carbonyl (C=O) groups excluding carboxylic acids is 5. The van der Waals surface area contributed by atoms with Crippen LogP contribution in [-0.4, -0.2) is 44.0 Å². The van der Waals surface area contributed by atoms with E-state index in [0.717, 1.165) is 17.4 Å². The van der Waals surface area contributed by atoms with E-state index < -0.39 is 11.9 Å². The highest BCUT2D eigenvalue weighted by Gasteiger charge is 2.19. The van der Waals surface area contributed by atoms with Crippen molar-refractivity contribution in [1.29, 1.82) is 0 Å². The highest BCUT2D eigenvalue weighted by molar-refractivity contribution is 6.17. The minimum absolute atomic E-state index is 0.0625. The van der Waals surface area contributed by atoms with E-state index in [2.05, 4.69) is 9.47 Å². The van der Waals surface area contributed by atoms with Crippen molar-refractivity contribution in [2.24, 2.45) is 0 Å². The van der Waals surface area contributed by atoms with Crippen LogP contribution in [0.15, 0.2) is 66.2 Å². The molecule has 0 aliphatic heterocycles. The Morgan fingerprint density at radius 2 is 1.10 bits per heavy atom. The average molecular weight is 426 g/mol. The first kappa shape index (κ1) is 27.1. The summed E-state index contributed by atoms with van der Waals surface area (Å²) in [5, 5.41) is 0. The summed E-state index contributed by atoms with van der Waals surface area (Å²) in [6.07, 6.45) is 2.34. The van der Waals surface area contributed by atoms with Gasteiger partial charge in [-0.3, -0.25) is 14.4 Å². The molecule has 0 aliphatic carbocycles. The molecule has 0 amide bonds. The molecule has 0 N–H and O–H groups in total. The summed E-state index contributed by atoms with van der Waals surface area (Å²) in [6, 6.07) is 18.1. The summed E-state index contributed by atoms with van der Waals surface area (Å²) in [4.78, 5) is 52.7. The molecule has 7 heteroatoms. The van der Waals surface area contributed by atoms with Gasteiger partial charge in [0.15, 0.2) is 0 Å². The van der Waals surface area contributed by atoms with E-state index in [1.54, 1.807) is 36.4 Å². The molecule has 0 radical (unpaired) electrons. The van der Waals surface area contributed by atoms with Gasteiger partial charge in [0.1, 0.15) is 23.4 Å². The van der Waals surface area contributed by atoms with Gasteiger partial charge in [-0.1, -0.05) is 60.7 Å². The zero-order chi connectivity index (χ0) is 23.6. The predicted octanol–water partition coefficient (Wildman–Crippen LogP) is 3.47. The summed E-state index contributed by atoms with van der Waals surface area (Å²) in [7, 11) is 2.42. The molecule has 0 heterocycles. The first-order valence-electron chi connectivity index (χ1n) is 9.17. The lowest BCUT2D eigenvalue weighted by atomic mass is 10.1. The summed E-state index contributed by atoms with van der Waals surface area (Å²) >= 11 is 0. The highest BCUT2D eigenvalue weighted by atomic mass is 16.5. The Morgan fingerprint density at radius 1 is 0.710 bits per heavy atom. The number of ether oxygens (including phenoxy) is 2. The number of benzene rings is 2. The number of Topliss-reactive ketones (excluding diaryl/α,β-unsaturated/α-hetero) is 2. The van der Waals surface area contributed by atoms with E-state index in [1.807, 2.05) is 24.3 Å². The van der Waals surface area contributed by atoms with Gasteiger partial charge >= 0.3 is 11.9 Å². The van der Waals surface area contributed by atoms with Gasteiger partial charge in [0.2, 0.25) is 0 Å². The third-order valence-electron chi connectivity index (χ3n) is 3.35. The van der Waals surface area contributed by atoms with Crippen molar-refractivity contribution in [3.63, 3.8) is 0 Å². The van der Waals surface area contributed by atoms with Gasteiger partial charge in [0, 0.05) is 5.56 Å². The van der Waals surface area contributed by atoms with Crippen molar-refractivity contribution < 1.29 is 33.4 Å². The molecule has 2 rings (SSSR count). The molecule has 7 nitrogen and oxygen atoms in total. The zero-order valence-corrected chi connectivity index (χ0v) is 18.0. The Morgan fingerprint density at radius 3 is 1.35 bits per heavy atom. The lowest BCUT2D eigenvalue weighted by Gasteiger charge is -2.03. The molecule has 0 spiro atoms. The van der Waals surface area contributed by atoms with Crippen LogP contribution in [0.3, 0.4) is 0 Å². The summed E-state index contributed by atoms with van der Waals surface area (Å²) < 4.78 is 9.00. The lowest BCUT2D eigenvalue weighted by Crippen LogP contribution is -2.15. The summed E-state index contributed by atoms with van der Waals surface area (Å²) in [5.74, 6) is -1.55. The van der Waals surface area contributed by atoms with E-state index in [-0.39, 0.29) is 23.6 Å². The molecular formula is C24H26O7. The molecule has 0 aromatic heterocycles. The number of rotatable bonds is 6. The van der Waals surface area contributed by atoms with E-state index >= 15 is 0 Å². The van der Waals surface area contributed by atoms with Gasteiger partial charge in [-0.25, -0.2) is 9.59 Å². The Bertz CT molecular complexity index is 855. The number of methoxy groups -OCH3 is 2. The van der Waals surface area contributed by atoms with Crippen LogP contribution in [0.2, 0.25) is 0 Å². The topological polar surface area (TPSA) is 104 Å². The van der Waals surface area contributed by atoms with Crippen molar-refractivity contribution in [3.8, 4) is 0 Å². The number of carbonyl (C=O) groups is 5. The Hall–Kier alpha value is -3.87. The molecule has 0 saturated heterocycles. The van der Waals surface area contributed by atoms with E-state index in [9.17, 15) is 24.0 Å². The molecule has 164 valence electrons. The van der Waals surface area contributed by atoms with Crippen LogP contribution in [0.25, 0.3) is 6.08 Å². The largest absolute Gasteiger partial charge is 0.465 e. The first-order valence-corrected chi connectivity index (χ1v) is 9.17. The smallest absolute Gasteiger partial charge is 0.345 e. The van der Waals surface area contributed by atoms with Crippen LogP contribution in [-0.2, 0) is 28.7 Å². The third-order valence-corrected chi connectivity index (χ3v) is 3.35. The first-order chi connectivity index (χ1) is 14.7. The molecule has 2 aromatic rings. The van der Waals surface area contributed by atoms with Crippen LogP contribution in [0.5, 0.6) is 0 Å². The van der Waals surface area contributed by atoms with Gasteiger partial charge < -0.3 is 9.47 Å². The van der Waals surface area contributed by atoms with E-state index in [4.69, 9.17) is 0 Å². The van der Waals surface area contributed by atoms with Crippen molar-refractivity contribution in [3.05, 3.63) is 77.4 Å². The maximum Gasteiger partial charge on any atom is 0.345 e. The van der Waals surface area contributed by atoms with Gasteiger partial charge in [0.05, 0.1) is 20.6 Å². The minimum Gasteiger partial charge on any atom is -0.465 e. The van der Waals surface area contributed by atoms with Gasteiger partial charge in [0.25, 0.3) is 0 Å². The van der Waals surface area contributed by atoms with E-state index in [1.165, 1.54) is 34.1 Å². The fraction of sp³-hybridized carbons (Fsp3) is 0.208. The second-order valence-corrected chi connectivity index (χ2v) is 6.06. The molecule has 0 aliphatic rings. The molecular weight excluding hydrogens is 400 g/mol. The van der Waals surface area contributed by atoms with Crippen LogP contribution in [0, 0.1) is 0 Å². The predicted molar refractivity (Wildman–Crippen MR) is 116 cm³/mol. The number of hydrogen-bond acceptors (Lipinski definition) is 7. The van der Waals surface area contributed by atoms with Crippen LogP contribution >= 0.6 is 0 Å². The quantitative estimate of drug-likeness (QED) is 0.229. The maximum atomic E-state index is 11.3.